The standard InChI is InChI=1S/C17H15F3N4/c1-10-13(21)6-7-14(22)16(10)24-8-15(23-9-24)11-2-4-12(5-3-11)17(18,19)20/h2-9H,21-22H2,1H3. The summed E-state index contributed by atoms with van der Waals surface area (Å²) in [6.07, 6.45) is -1.09. The second-order valence-corrected chi connectivity index (χ2v) is 5.46. The molecule has 0 unspecified atom stereocenters. The Bertz CT molecular complexity index is 880. The van der Waals surface area contributed by atoms with Crippen LogP contribution in [-0.2, 0) is 6.18 Å². The van der Waals surface area contributed by atoms with Crippen LogP contribution in [0.4, 0.5) is 24.5 Å². The van der Waals surface area contributed by atoms with Gasteiger partial charge in [-0.3, -0.25) is 0 Å². The number of benzene rings is 2. The Kier molecular flexibility index (Phi) is 3.71. The average Bonchev–Trinajstić information content (AvgIpc) is 3.00. The van der Waals surface area contributed by atoms with E-state index in [9.17, 15) is 13.2 Å². The van der Waals surface area contributed by atoms with Crippen LogP contribution in [-0.4, -0.2) is 9.55 Å². The summed E-state index contributed by atoms with van der Waals surface area (Å²) in [5.74, 6) is 0. The highest BCUT2D eigenvalue weighted by molar-refractivity contribution is 5.70. The third-order valence-electron chi connectivity index (χ3n) is 3.85. The summed E-state index contributed by atoms with van der Waals surface area (Å²) in [4.78, 5) is 4.25. The first-order valence-corrected chi connectivity index (χ1v) is 7.14. The van der Waals surface area contributed by atoms with Crippen LogP contribution in [0.2, 0.25) is 0 Å². The zero-order valence-electron chi connectivity index (χ0n) is 12.8. The first-order chi connectivity index (χ1) is 11.3. The molecular formula is C17H15F3N4. The molecule has 1 heterocycles. The molecule has 0 atom stereocenters. The molecule has 4 nitrogen and oxygen atoms in total. The van der Waals surface area contributed by atoms with E-state index in [1.807, 2.05) is 6.92 Å². The van der Waals surface area contributed by atoms with Gasteiger partial charge in [0.1, 0.15) is 0 Å². The fourth-order valence-electron chi connectivity index (χ4n) is 2.50. The van der Waals surface area contributed by atoms with Crippen molar-refractivity contribution in [3.05, 3.63) is 60.0 Å². The number of alkyl halides is 3. The Morgan fingerprint density at radius 2 is 1.58 bits per heavy atom. The van der Waals surface area contributed by atoms with Crippen molar-refractivity contribution in [2.75, 3.05) is 11.5 Å². The third kappa shape index (κ3) is 2.80. The summed E-state index contributed by atoms with van der Waals surface area (Å²) >= 11 is 0. The molecule has 0 bridgehead atoms. The van der Waals surface area contributed by atoms with Crippen LogP contribution in [0.5, 0.6) is 0 Å². The van der Waals surface area contributed by atoms with Gasteiger partial charge < -0.3 is 16.0 Å². The molecule has 7 heteroatoms. The maximum absolute atomic E-state index is 12.6. The zero-order valence-corrected chi connectivity index (χ0v) is 12.8. The van der Waals surface area contributed by atoms with E-state index in [2.05, 4.69) is 4.98 Å². The molecule has 0 aliphatic carbocycles. The normalized spacial score (nSPS) is 11.7. The lowest BCUT2D eigenvalue weighted by atomic mass is 10.1. The van der Waals surface area contributed by atoms with Crippen molar-refractivity contribution in [1.29, 1.82) is 0 Å². The third-order valence-corrected chi connectivity index (χ3v) is 3.85. The van der Waals surface area contributed by atoms with Crippen LogP contribution in [0, 0.1) is 6.92 Å². The minimum Gasteiger partial charge on any atom is -0.398 e. The lowest BCUT2D eigenvalue weighted by Crippen LogP contribution is -2.04. The number of nitrogens with zero attached hydrogens (tertiary/aromatic N) is 2. The lowest BCUT2D eigenvalue weighted by molar-refractivity contribution is -0.137. The Morgan fingerprint density at radius 3 is 2.21 bits per heavy atom. The smallest absolute Gasteiger partial charge is 0.398 e. The summed E-state index contributed by atoms with van der Waals surface area (Å²) in [6, 6.07) is 8.29. The number of imidazole rings is 1. The van der Waals surface area contributed by atoms with Gasteiger partial charge in [-0.05, 0) is 36.8 Å². The van der Waals surface area contributed by atoms with Gasteiger partial charge in [-0.25, -0.2) is 4.98 Å². The van der Waals surface area contributed by atoms with Crippen LogP contribution < -0.4 is 11.5 Å². The predicted molar refractivity (Wildman–Crippen MR) is 87.6 cm³/mol. The molecule has 0 aliphatic heterocycles. The monoisotopic (exact) mass is 332 g/mol. The van der Waals surface area contributed by atoms with Gasteiger partial charge in [0.25, 0.3) is 0 Å². The molecule has 0 fully saturated rings. The molecule has 0 saturated heterocycles. The van der Waals surface area contributed by atoms with E-state index in [0.29, 0.717) is 28.3 Å². The first-order valence-electron chi connectivity index (χ1n) is 7.14. The molecule has 3 rings (SSSR count). The Morgan fingerprint density at radius 1 is 0.958 bits per heavy atom. The minimum absolute atomic E-state index is 0.540. The van der Waals surface area contributed by atoms with Gasteiger partial charge in [-0.2, -0.15) is 13.2 Å². The summed E-state index contributed by atoms with van der Waals surface area (Å²) in [5.41, 5.74) is 15.0. The fourth-order valence-corrected chi connectivity index (χ4v) is 2.50. The molecule has 4 N–H and O–H groups in total. The quantitative estimate of drug-likeness (QED) is 0.696. The first kappa shape index (κ1) is 15.9. The highest BCUT2D eigenvalue weighted by atomic mass is 19.4. The van der Waals surface area contributed by atoms with Crippen molar-refractivity contribution in [2.24, 2.45) is 0 Å². The Balaban J connectivity index is 1.99. The van der Waals surface area contributed by atoms with E-state index in [1.165, 1.54) is 12.1 Å². The van der Waals surface area contributed by atoms with Crippen molar-refractivity contribution in [3.63, 3.8) is 0 Å². The van der Waals surface area contributed by atoms with E-state index in [-0.39, 0.29) is 0 Å². The van der Waals surface area contributed by atoms with Gasteiger partial charge in [0.05, 0.1) is 29.0 Å². The van der Waals surface area contributed by atoms with E-state index in [4.69, 9.17) is 11.5 Å². The number of nitrogens with two attached hydrogens (primary N) is 2. The minimum atomic E-state index is -4.36. The highest BCUT2D eigenvalue weighted by Crippen LogP contribution is 2.31. The molecule has 24 heavy (non-hydrogen) atoms. The zero-order chi connectivity index (χ0) is 17.5. The van der Waals surface area contributed by atoms with Gasteiger partial charge in [0.2, 0.25) is 0 Å². The van der Waals surface area contributed by atoms with E-state index in [1.54, 1.807) is 29.2 Å². The molecule has 3 aromatic rings. The van der Waals surface area contributed by atoms with Gasteiger partial charge in [0, 0.05) is 17.4 Å². The van der Waals surface area contributed by atoms with Crippen molar-refractivity contribution in [3.8, 4) is 16.9 Å². The second kappa shape index (κ2) is 5.59. The van der Waals surface area contributed by atoms with Crippen molar-refractivity contribution >= 4 is 11.4 Å². The van der Waals surface area contributed by atoms with Crippen LogP contribution in [0.25, 0.3) is 16.9 Å². The summed E-state index contributed by atoms with van der Waals surface area (Å²) < 4.78 is 39.6. The van der Waals surface area contributed by atoms with Crippen molar-refractivity contribution in [2.45, 2.75) is 13.1 Å². The molecule has 2 aromatic carbocycles. The fraction of sp³-hybridized carbons (Fsp3) is 0.118. The van der Waals surface area contributed by atoms with E-state index < -0.39 is 11.7 Å². The number of hydrogen-bond donors (Lipinski definition) is 2. The maximum Gasteiger partial charge on any atom is 0.416 e. The van der Waals surface area contributed by atoms with Gasteiger partial charge in [-0.1, -0.05) is 12.1 Å². The topological polar surface area (TPSA) is 69.9 Å². The Hall–Kier alpha value is -2.96. The van der Waals surface area contributed by atoms with Gasteiger partial charge in [-0.15, -0.1) is 0 Å². The molecule has 0 radical (unpaired) electrons. The second-order valence-electron chi connectivity index (χ2n) is 5.46. The van der Waals surface area contributed by atoms with Gasteiger partial charge >= 0.3 is 6.18 Å². The van der Waals surface area contributed by atoms with Crippen molar-refractivity contribution < 1.29 is 13.2 Å². The molecule has 0 spiro atoms. The highest BCUT2D eigenvalue weighted by Gasteiger charge is 2.30. The number of rotatable bonds is 2. The number of anilines is 2. The molecule has 0 aliphatic rings. The molecule has 0 saturated carbocycles. The molecule has 0 amide bonds. The van der Waals surface area contributed by atoms with Crippen molar-refractivity contribution in [1.82, 2.24) is 9.55 Å². The Labute approximate surface area is 136 Å². The summed E-state index contributed by atoms with van der Waals surface area (Å²) in [7, 11) is 0. The van der Waals surface area contributed by atoms with E-state index >= 15 is 0 Å². The summed E-state index contributed by atoms with van der Waals surface area (Å²) in [6.45, 7) is 1.85. The SMILES string of the molecule is Cc1c(N)ccc(N)c1-n1cnc(-c2ccc(C(F)(F)F)cc2)c1. The maximum atomic E-state index is 12.6. The van der Waals surface area contributed by atoms with E-state index in [0.717, 1.165) is 17.7 Å². The lowest BCUT2D eigenvalue weighted by Gasteiger charge is -2.12. The molecule has 124 valence electrons. The predicted octanol–water partition coefficient (Wildman–Crippen LogP) is 4.03. The van der Waals surface area contributed by atoms with Crippen LogP contribution in [0.1, 0.15) is 11.1 Å². The van der Waals surface area contributed by atoms with Crippen LogP contribution in [0.3, 0.4) is 0 Å². The molecule has 1 aromatic heterocycles. The van der Waals surface area contributed by atoms with Crippen LogP contribution in [0.15, 0.2) is 48.9 Å². The average molecular weight is 332 g/mol. The number of hydrogen-bond acceptors (Lipinski definition) is 3. The molecular weight excluding hydrogens is 317 g/mol. The number of halogens is 3. The summed E-state index contributed by atoms with van der Waals surface area (Å²) in [5, 5.41) is 0. The number of aromatic nitrogens is 2. The van der Waals surface area contributed by atoms with Gasteiger partial charge in [0.15, 0.2) is 0 Å². The number of nitrogen functional groups attached to an aromatic ring is 2. The van der Waals surface area contributed by atoms with Crippen LogP contribution >= 0.6 is 0 Å². The largest absolute Gasteiger partial charge is 0.416 e.